The van der Waals surface area contributed by atoms with E-state index in [-0.39, 0.29) is 0 Å². The Bertz CT molecular complexity index is 410. The molecule has 0 spiro atoms. The minimum Gasteiger partial charge on any atom is -0.444 e. The third-order valence-corrected chi connectivity index (χ3v) is 2.87. The number of alkyl halides is 1. The van der Waals surface area contributed by atoms with E-state index in [1.54, 1.807) is 6.26 Å². The van der Waals surface area contributed by atoms with Crippen LogP contribution in [0.2, 0.25) is 4.34 Å². The molecule has 0 N–H and O–H groups in total. The van der Waals surface area contributed by atoms with Gasteiger partial charge in [0.2, 0.25) is 5.89 Å². The van der Waals surface area contributed by atoms with E-state index in [1.807, 2.05) is 11.4 Å². The standard InChI is InChI=1S/C8H5Cl2NOS/c9-2-6-3-12-8(11-6)5-1-7(10)13-4-5/h1,3-4H,2H2. The van der Waals surface area contributed by atoms with Crippen LogP contribution in [0.15, 0.2) is 22.1 Å². The SMILES string of the molecule is ClCc1coc(-c2csc(Cl)c2)n1. The van der Waals surface area contributed by atoms with Crippen LogP contribution in [-0.2, 0) is 5.88 Å². The molecule has 2 aromatic heterocycles. The zero-order valence-corrected chi connectivity index (χ0v) is 8.79. The van der Waals surface area contributed by atoms with Crippen molar-refractivity contribution < 1.29 is 4.42 Å². The van der Waals surface area contributed by atoms with E-state index in [2.05, 4.69) is 4.98 Å². The Hall–Kier alpha value is -0.510. The second kappa shape index (κ2) is 3.70. The molecule has 2 rings (SSSR count). The van der Waals surface area contributed by atoms with E-state index >= 15 is 0 Å². The van der Waals surface area contributed by atoms with Crippen molar-refractivity contribution >= 4 is 34.5 Å². The lowest BCUT2D eigenvalue weighted by molar-refractivity contribution is 0.573. The fourth-order valence-corrected chi connectivity index (χ4v) is 1.90. The lowest BCUT2D eigenvalue weighted by Crippen LogP contribution is -1.76. The first-order valence-corrected chi connectivity index (χ1v) is 5.33. The molecule has 0 aliphatic heterocycles. The van der Waals surface area contributed by atoms with Gasteiger partial charge in [-0.1, -0.05) is 11.6 Å². The molecule has 0 saturated carbocycles. The van der Waals surface area contributed by atoms with Crippen LogP contribution in [0, 0.1) is 0 Å². The summed E-state index contributed by atoms with van der Waals surface area (Å²) >= 11 is 12.8. The fourth-order valence-electron chi connectivity index (χ4n) is 0.923. The van der Waals surface area contributed by atoms with Crippen molar-refractivity contribution in [2.45, 2.75) is 5.88 Å². The first-order chi connectivity index (χ1) is 6.29. The molecule has 0 radical (unpaired) electrons. The van der Waals surface area contributed by atoms with Crippen LogP contribution < -0.4 is 0 Å². The van der Waals surface area contributed by atoms with Gasteiger partial charge < -0.3 is 4.42 Å². The monoisotopic (exact) mass is 233 g/mol. The van der Waals surface area contributed by atoms with Crippen LogP contribution in [0.1, 0.15) is 5.69 Å². The summed E-state index contributed by atoms with van der Waals surface area (Å²) in [6.45, 7) is 0. The number of halogens is 2. The van der Waals surface area contributed by atoms with Crippen LogP contribution >= 0.6 is 34.5 Å². The maximum absolute atomic E-state index is 5.77. The molecule has 0 saturated heterocycles. The first kappa shape index (κ1) is 9.06. The molecule has 68 valence electrons. The van der Waals surface area contributed by atoms with Gasteiger partial charge in [-0.05, 0) is 6.07 Å². The number of oxazole rings is 1. The van der Waals surface area contributed by atoms with Gasteiger partial charge in [0.05, 0.1) is 15.9 Å². The van der Waals surface area contributed by atoms with Crippen molar-refractivity contribution in [3.05, 3.63) is 27.7 Å². The van der Waals surface area contributed by atoms with Crippen molar-refractivity contribution in [3.8, 4) is 11.5 Å². The van der Waals surface area contributed by atoms with Crippen LogP contribution in [0.4, 0.5) is 0 Å². The Morgan fingerprint density at radius 3 is 2.92 bits per heavy atom. The van der Waals surface area contributed by atoms with Gasteiger partial charge in [0.1, 0.15) is 6.26 Å². The molecule has 5 heteroatoms. The van der Waals surface area contributed by atoms with Crippen LogP contribution in [-0.4, -0.2) is 4.98 Å². The van der Waals surface area contributed by atoms with Crippen molar-refractivity contribution in [2.75, 3.05) is 0 Å². The van der Waals surface area contributed by atoms with Crippen molar-refractivity contribution in [1.29, 1.82) is 0 Å². The largest absolute Gasteiger partial charge is 0.444 e. The van der Waals surface area contributed by atoms with Crippen molar-refractivity contribution in [1.82, 2.24) is 4.98 Å². The van der Waals surface area contributed by atoms with Gasteiger partial charge >= 0.3 is 0 Å². The van der Waals surface area contributed by atoms with Gasteiger partial charge in [0.15, 0.2) is 0 Å². The fraction of sp³-hybridized carbons (Fsp3) is 0.125. The molecule has 0 aliphatic carbocycles. The molecule has 2 aromatic rings. The maximum Gasteiger partial charge on any atom is 0.227 e. The molecule has 0 fully saturated rings. The minimum absolute atomic E-state index is 0.362. The summed E-state index contributed by atoms with van der Waals surface area (Å²) in [6, 6.07) is 1.82. The second-order valence-electron chi connectivity index (χ2n) is 2.42. The Kier molecular flexibility index (Phi) is 2.58. The van der Waals surface area contributed by atoms with Crippen LogP contribution in [0.25, 0.3) is 11.5 Å². The molecule has 13 heavy (non-hydrogen) atoms. The maximum atomic E-state index is 5.77. The third kappa shape index (κ3) is 1.88. The Morgan fingerprint density at radius 2 is 2.38 bits per heavy atom. The van der Waals surface area contributed by atoms with E-state index in [0.29, 0.717) is 11.8 Å². The summed E-state index contributed by atoms with van der Waals surface area (Å²) < 4.78 is 5.93. The highest BCUT2D eigenvalue weighted by Gasteiger charge is 2.07. The molecule has 0 unspecified atom stereocenters. The molecule has 2 heterocycles. The highest BCUT2D eigenvalue weighted by atomic mass is 35.5. The summed E-state index contributed by atoms with van der Waals surface area (Å²) in [7, 11) is 0. The summed E-state index contributed by atoms with van der Waals surface area (Å²) in [5.74, 6) is 0.931. The zero-order chi connectivity index (χ0) is 9.26. The molecule has 0 aliphatic rings. The number of nitrogens with zero attached hydrogens (tertiary/aromatic N) is 1. The highest BCUT2D eigenvalue weighted by molar-refractivity contribution is 7.14. The number of aromatic nitrogens is 1. The summed E-state index contributed by atoms with van der Waals surface area (Å²) in [4.78, 5) is 4.16. The van der Waals surface area contributed by atoms with Gasteiger partial charge in [-0.15, -0.1) is 22.9 Å². The van der Waals surface area contributed by atoms with Crippen LogP contribution in [0.3, 0.4) is 0 Å². The number of rotatable bonds is 2. The quantitative estimate of drug-likeness (QED) is 0.738. The first-order valence-electron chi connectivity index (χ1n) is 3.54. The Labute approximate surface area is 89.1 Å². The second-order valence-corrected chi connectivity index (χ2v) is 4.23. The summed E-state index contributed by atoms with van der Waals surface area (Å²) in [5, 5.41) is 1.90. The van der Waals surface area contributed by atoms with Crippen molar-refractivity contribution in [2.24, 2.45) is 0 Å². The number of hydrogen-bond acceptors (Lipinski definition) is 3. The van der Waals surface area contributed by atoms with Gasteiger partial charge in [-0.3, -0.25) is 0 Å². The number of hydrogen-bond donors (Lipinski definition) is 0. The smallest absolute Gasteiger partial charge is 0.227 e. The van der Waals surface area contributed by atoms with E-state index < -0.39 is 0 Å². The number of thiophene rings is 1. The lowest BCUT2D eigenvalue weighted by Gasteiger charge is -1.84. The molecular formula is C8H5Cl2NOS. The van der Waals surface area contributed by atoms with E-state index in [4.69, 9.17) is 27.6 Å². The summed E-state index contributed by atoms with van der Waals surface area (Å²) in [6.07, 6.45) is 1.55. The van der Waals surface area contributed by atoms with Gasteiger partial charge in [-0.2, -0.15) is 0 Å². The Morgan fingerprint density at radius 1 is 1.54 bits per heavy atom. The lowest BCUT2D eigenvalue weighted by atomic mass is 10.3. The molecule has 0 atom stereocenters. The van der Waals surface area contributed by atoms with Gasteiger partial charge in [0, 0.05) is 10.9 Å². The van der Waals surface area contributed by atoms with E-state index in [9.17, 15) is 0 Å². The van der Waals surface area contributed by atoms with Crippen LogP contribution in [0.5, 0.6) is 0 Å². The van der Waals surface area contributed by atoms with E-state index in [1.165, 1.54) is 11.3 Å². The summed E-state index contributed by atoms with van der Waals surface area (Å²) in [5.41, 5.74) is 1.63. The van der Waals surface area contributed by atoms with Gasteiger partial charge in [-0.25, -0.2) is 4.98 Å². The van der Waals surface area contributed by atoms with E-state index in [0.717, 1.165) is 15.6 Å². The average Bonchev–Trinajstić information content (AvgIpc) is 2.71. The molecule has 2 nitrogen and oxygen atoms in total. The topological polar surface area (TPSA) is 26.0 Å². The molecule has 0 amide bonds. The highest BCUT2D eigenvalue weighted by Crippen LogP contribution is 2.28. The predicted octanol–water partition coefficient (Wildman–Crippen LogP) is 3.80. The predicted molar refractivity (Wildman–Crippen MR) is 54.4 cm³/mol. The molecule has 0 aromatic carbocycles. The van der Waals surface area contributed by atoms with Crippen molar-refractivity contribution in [3.63, 3.8) is 0 Å². The normalized spacial score (nSPS) is 10.6. The van der Waals surface area contributed by atoms with Gasteiger partial charge in [0.25, 0.3) is 0 Å². The minimum atomic E-state index is 0.362. The third-order valence-electron chi connectivity index (χ3n) is 1.50. The molecular weight excluding hydrogens is 229 g/mol. The molecule has 0 bridgehead atoms. The zero-order valence-electron chi connectivity index (χ0n) is 6.46. The Balaban J connectivity index is 2.35. The average molecular weight is 234 g/mol.